The van der Waals surface area contributed by atoms with Crippen molar-refractivity contribution < 1.29 is 13.7 Å². The van der Waals surface area contributed by atoms with E-state index in [0.717, 1.165) is 17.9 Å². The molecule has 0 aliphatic heterocycles. The highest BCUT2D eigenvalue weighted by Gasteiger charge is 2.22. The number of carbonyl (C=O) groups excluding carboxylic acids is 1. The predicted molar refractivity (Wildman–Crippen MR) is 80.1 cm³/mol. The number of amides is 1. The van der Waals surface area contributed by atoms with Gasteiger partial charge in [-0.1, -0.05) is 18.2 Å². The molecular weight excluding hydrogens is 274 g/mol. The number of rotatable bonds is 8. The lowest BCUT2D eigenvalue weighted by molar-refractivity contribution is -0.120. The Balaban J connectivity index is 1.81. The van der Waals surface area contributed by atoms with Crippen LogP contribution in [-0.2, 0) is 22.1 Å². The lowest BCUT2D eigenvalue weighted by Gasteiger charge is -2.11. The van der Waals surface area contributed by atoms with Crippen LogP contribution in [0.3, 0.4) is 0 Å². The summed E-state index contributed by atoms with van der Waals surface area (Å²) in [6.07, 6.45) is 4.42. The van der Waals surface area contributed by atoms with Gasteiger partial charge in [0.1, 0.15) is 5.75 Å². The van der Waals surface area contributed by atoms with Crippen LogP contribution in [0.5, 0.6) is 5.75 Å². The number of benzene rings is 1. The van der Waals surface area contributed by atoms with Crippen molar-refractivity contribution >= 4 is 16.7 Å². The third kappa shape index (κ3) is 5.33. The Morgan fingerprint density at radius 1 is 1.40 bits per heavy atom. The van der Waals surface area contributed by atoms with E-state index in [1.54, 1.807) is 6.26 Å². The molecule has 0 heterocycles. The zero-order valence-electron chi connectivity index (χ0n) is 11.8. The highest BCUT2D eigenvalue weighted by atomic mass is 32.2. The molecule has 1 fully saturated rings. The lowest BCUT2D eigenvalue weighted by Crippen LogP contribution is -2.24. The van der Waals surface area contributed by atoms with Crippen LogP contribution in [-0.4, -0.2) is 28.7 Å². The molecule has 1 aromatic carbocycles. The van der Waals surface area contributed by atoms with Crippen molar-refractivity contribution in [2.24, 2.45) is 5.92 Å². The number of ether oxygens (including phenoxy) is 1. The van der Waals surface area contributed by atoms with Gasteiger partial charge in [-0.15, -0.1) is 0 Å². The van der Waals surface area contributed by atoms with Crippen LogP contribution in [0.25, 0.3) is 0 Å². The van der Waals surface area contributed by atoms with Crippen LogP contribution in [0.15, 0.2) is 24.3 Å². The second-order valence-corrected chi connectivity index (χ2v) is 6.72. The maximum atomic E-state index is 11.6. The van der Waals surface area contributed by atoms with Crippen molar-refractivity contribution in [3.05, 3.63) is 29.8 Å². The van der Waals surface area contributed by atoms with Gasteiger partial charge in [-0.25, -0.2) is 0 Å². The zero-order chi connectivity index (χ0) is 14.4. The summed E-state index contributed by atoms with van der Waals surface area (Å²) < 4.78 is 16.7. The van der Waals surface area contributed by atoms with Crippen LogP contribution < -0.4 is 10.1 Å². The first-order valence-corrected chi connectivity index (χ1v) is 8.65. The van der Waals surface area contributed by atoms with E-state index in [-0.39, 0.29) is 5.91 Å². The van der Waals surface area contributed by atoms with Crippen LogP contribution in [0.4, 0.5) is 0 Å². The second kappa shape index (κ2) is 7.43. The molecule has 20 heavy (non-hydrogen) atoms. The Bertz CT molecular complexity index is 486. The molecule has 0 unspecified atom stereocenters. The van der Waals surface area contributed by atoms with Gasteiger partial charge in [0.25, 0.3) is 0 Å². The fourth-order valence-corrected chi connectivity index (χ4v) is 2.27. The minimum Gasteiger partial charge on any atom is -0.493 e. The molecule has 0 radical (unpaired) electrons. The molecule has 0 bridgehead atoms. The summed E-state index contributed by atoms with van der Waals surface area (Å²) in [5.74, 6) is 1.89. The van der Waals surface area contributed by atoms with Crippen LogP contribution in [0.1, 0.15) is 24.8 Å². The monoisotopic (exact) mass is 295 g/mol. The summed E-state index contributed by atoms with van der Waals surface area (Å²) in [6.45, 7) is 1.22. The molecule has 1 aromatic rings. The average Bonchev–Trinajstić information content (AvgIpc) is 3.25. The fraction of sp³-hybridized carbons (Fsp3) is 0.533. The first-order chi connectivity index (χ1) is 9.65. The van der Waals surface area contributed by atoms with Crippen LogP contribution >= 0.6 is 0 Å². The third-order valence-electron chi connectivity index (χ3n) is 3.24. The van der Waals surface area contributed by atoms with Gasteiger partial charge in [0.2, 0.25) is 5.91 Å². The van der Waals surface area contributed by atoms with Crippen molar-refractivity contribution in [1.29, 1.82) is 0 Å². The molecular formula is C15H21NO3S. The summed E-state index contributed by atoms with van der Waals surface area (Å²) in [5.41, 5.74) is 0.985. The van der Waals surface area contributed by atoms with Gasteiger partial charge in [0.15, 0.2) is 0 Å². The van der Waals surface area contributed by atoms with E-state index in [1.807, 2.05) is 24.3 Å². The Hall–Kier alpha value is -1.36. The Morgan fingerprint density at radius 3 is 2.85 bits per heavy atom. The quantitative estimate of drug-likeness (QED) is 0.796. The minimum atomic E-state index is -0.926. The maximum Gasteiger partial charge on any atom is 0.221 e. The predicted octanol–water partition coefficient (Wildman–Crippen LogP) is 1.86. The van der Waals surface area contributed by atoms with E-state index in [4.69, 9.17) is 4.74 Å². The number of hydrogen-bond acceptors (Lipinski definition) is 3. The molecule has 1 N–H and O–H groups in total. The molecule has 0 aromatic heterocycles. The molecule has 2 rings (SSSR count). The summed E-state index contributed by atoms with van der Waals surface area (Å²) in [7, 11) is -0.926. The van der Waals surface area contributed by atoms with Gasteiger partial charge in [-0.05, 0) is 24.8 Å². The van der Waals surface area contributed by atoms with E-state index in [0.29, 0.717) is 24.6 Å². The summed E-state index contributed by atoms with van der Waals surface area (Å²) in [4.78, 5) is 11.6. The Morgan fingerprint density at radius 2 is 2.15 bits per heavy atom. The van der Waals surface area contributed by atoms with Crippen molar-refractivity contribution in [2.45, 2.75) is 25.8 Å². The lowest BCUT2D eigenvalue weighted by atomic mass is 10.2. The van der Waals surface area contributed by atoms with E-state index in [1.165, 1.54) is 12.8 Å². The zero-order valence-corrected chi connectivity index (χ0v) is 12.6. The van der Waals surface area contributed by atoms with Crippen molar-refractivity contribution in [1.82, 2.24) is 5.32 Å². The molecule has 0 saturated heterocycles. The van der Waals surface area contributed by atoms with Crippen LogP contribution in [0, 0.1) is 5.92 Å². The van der Waals surface area contributed by atoms with E-state index >= 15 is 0 Å². The normalized spacial score (nSPS) is 15.7. The largest absolute Gasteiger partial charge is 0.493 e. The number of carbonyl (C=O) groups is 1. The molecule has 1 amide bonds. The van der Waals surface area contributed by atoms with Gasteiger partial charge in [0.05, 0.1) is 6.61 Å². The number of nitrogens with one attached hydrogen (secondary N) is 1. The van der Waals surface area contributed by atoms with Gasteiger partial charge < -0.3 is 10.1 Å². The molecule has 0 spiro atoms. The van der Waals surface area contributed by atoms with Crippen LogP contribution in [0.2, 0.25) is 0 Å². The third-order valence-corrected chi connectivity index (χ3v) is 4.02. The summed E-state index contributed by atoms with van der Waals surface area (Å²) in [6, 6.07) is 7.77. The average molecular weight is 295 g/mol. The number of hydrogen-bond donors (Lipinski definition) is 1. The smallest absolute Gasteiger partial charge is 0.221 e. The first-order valence-electron chi connectivity index (χ1n) is 6.92. The number of para-hydroxylation sites is 1. The highest BCUT2D eigenvalue weighted by Crippen LogP contribution is 2.30. The van der Waals surface area contributed by atoms with Crippen molar-refractivity contribution in [3.63, 3.8) is 0 Å². The van der Waals surface area contributed by atoms with Gasteiger partial charge in [0, 0.05) is 41.3 Å². The van der Waals surface area contributed by atoms with Gasteiger partial charge in [-0.3, -0.25) is 9.00 Å². The van der Waals surface area contributed by atoms with Crippen molar-refractivity contribution in [3.8, 4) is 5.75 Å². The Labute approximate surface area is 122 Å². The highest BCUT2D eigenvalue weighted by molar-refractivity contribution is 7.84. The molecule has 4 nitrogen and oxygen atoms in total. The molecule has 5 heteroatoms. The topological polar surface area (TPSA) is 55.4 Å². The van der Waals surface area contributed by atoms with E-state index < -0.39 is 10.8 Å². The summed E-state index contributed by atoms with van der Waals surface area (Å²) >= 11 is 0. The standard InChI is InChI=1S/C15H21NO3S/c1-20(18)9-8-15(17)16-10-13-4-2-3-5-14(13)19-11-12-6-7-12/h2-5,12H,6-11H2,1H3,(H,16,17)/t20-/m0/s1. The van der Waals surface area contributed by atoms with Gasteiger partial charge >= 0.3 is 0 Å². The first kappa shape index (κ1) is 15.0. The fourth-order valence-electron chi connectivity index (χ4n) is 1.80. The Kier molecular flexibility index (Phi) is 5.59. The van der Waals surface area contributed by atoms with E-state index in [2.05, 4.69) is 5.32 Å². The molecule has 1 aliphatic rings. The summed E-state index contributed by atoms with van der Waals surface area (Å²) in [5, 5.41) is 2.84. The molecule has 1 atom stereocenters. The molecule has 1 saturated carbocycles. The van der Waals surface area contributed by atoms with Gasteiger partial charge in [-0.2, -0.15) is 0 Å². The molecule has 110 valence electrons. The SMILES string of the molecule is C[S@](=O)CCC(=O)NCc1ccccc1OCC1CC1. The second-order valence-electron chi connectivity index (χ2n) is 5.17. The van der Waals surface area contributed by atoms with E-state index in [9.17, 15) is 9.00 Å². The minimum absolute atomic E-state index is 0.0720. The maximum absolute atomic E-state index is 11.6. The van der Waals surface area contributed by atoms with Crippen molar-refractivity contribution in [2.75, 3.05) is 18.6 Å². The molecule has 1 aliphatic carbocycles.